The maximum absolute atomic E-state index is 10.4. The molecule has 0 aliphatic heterocycles. The van der Waals surface area contributed by atoms with Gasteiger partial charge in [-0.05, 0) is 6.08 Å². The Balaban J connectivity index is 3.97. The molecule has 0 saturated heterocycles. The summed E-state index contributed by atoms with van der Waals surface area (Å²) in [4.78, 5) is 20.6. The molecular formula is C6H7NO3. The molecule has 0 aromatic carbocycles. The molecule has 4 heteroatoms. The second-order valence-electron chi connectivity index (χ2n) is 1.40. The first-order chi connectivity index (χ1) is 4.72. The number of carbonyl (C=O) groups excluding carboxylic acids is 2. The molecular weight excluding hydrogens is 134 g/mol. The molecule has 0 spiro atoms. The average Bonchev–Trinajstić information content (AvgIpc) is 1.98. The Hall–Kier alpha value is -1.42. The normalized spacial score (nSPS) is 9.30. The van der Waals surface area contributed by atoms with Crippen molar-refractivity contribution < 1.29 is 14.8 Å². The molecule has 0 aliphatic carbocycles. The molecule has 0 aromatic heterocycles. The molecule has 0 radical (unpaired) electrons. The molecule has 1 amide bonds. The van der Waals surface area contributed by atoms with Gasteiger partial charge in [-0.25, -0.2) is 5.48 Å². The number of allylic oxidation sites excluding steroid dienone is 2. The summed E-state index contributed by atoms with van der Waals surface area (Å²) in [6.07, 6.45) is 3.65. The van der Waals surface area contributed by atoms with Crippen LogP contribution in [0.2, 0.25) is 0 Å². The highest BCUT2D eigenvalue weighted by molar-refractivity contribution is 6.40. The Kier molecular flexibility index (Phi) is 3.83. The van der Waals surface area contributed by atoms with Gasteiger partial charge in [-0.2, -0.15) is 0 Å². The molecule has 54 valence electrons. The molecule has 2 N–H and O–H groups in total. The maximum Gasteiger partial charge on any atom is 0.315 e. The van der Waals surface area contributed by atoms with Gasteiger partial charge >= 0.3 is 5.91 Å². The Morgan fingerprint density at radius 2 is 2.10 bits per heavy atom. The van der Waals surface area contributed by atoms with Crippen molar-refractivity contribution >= 4 is 11.7 Å². The van der Waals surface area contributed by atoms with Crippen LogP contribution in [0.4, 0.5) is 0 Å². The molecule has 10 heavy (non-hydrogen) atoms. The van der Waals surface area contributed by atoms with E-state index in [9.17, 15) is 9.59 Å². The molecule has 0 fully saturated rings. The molecule has 0 aliphatic rings. The zero-order valence-electron chi connectivity index (χ0n) is 5.20. The Labute approximate surface area is 57.8 Å². The van der Waals surface area contributed by atoms with Gasteiger partial charge < -0.3 is 0 Å². The van der Waals surface area contributed by atoms with Gasteiger partial charge in [-0.1, -0.05) is 18.7 Å². The van der Waals surface area contributed by atoms with E-state index in [1.54, 1.807) is 0 Å². The first kappa shape index (κ1) is 8.58. The van der Waals surface area contributed by atoms with Crippen LogP contribution in [0.5, 0.6) is 0 Å². The lowest BCUT2D eigenvalue weighted by atomic mass is 10.3. The lowest BCUT2D eigenvalue weighted by Crippen LogP contribution is -2.26. The van der Waals surface area contributed by atoms with Gasteiger partial charge in [-0.3, -0.25) is 14.8 Å². The van der Waals surface area contributed by atoms with Crippen LogP contribution in [0.1, 0.15) is 0 Å². The van der Waals surface area contributed by atoms with Crippen LogP contribution >= 0.6 is 0 Å². The minimum Gasteiger partial charge on any atom is -0.288 e. The fourth-order valence-electron chi connectivity index (χ4n) is 0.286. The van der Waals surface area contributed by atoms with E-state index in [4.69, 9.17) is 5.21 Å². The van der Waals surface area contributed by atoms with Crippen molar-refractivity contribution in [3.8, 4) is 0 Å². The van der Waals surface area contributed by atoms with Crippen LogP contribution in [-0.2, 0) is 9.59 Å². The summed E-state index contributed by atoms with van der Waals surface area (Å²) in [5.74, 6) is -1.87. The molecule has 0 atom stereocenters. The van der Waals surface area contributed by atoms with E-state index in [2.05, 4.69) is 6.58 Å². The van der Waals surface area contributed by atoms with Crippen LogP contribution in [0, 0.1) is 0 Å². The molecule has 0 unspecified atom stereocenters. The summed E-state index contributed by atoms with van der Waals surface area (Å²) in [5.41, 5.74) is 1.20. The molecule has 0 rings (SSSR count). The van der Waals surface area contributed by atoms with E-state index in [-0.39, 0.29) is 0 Å². The molecule has 0 saturated carbocycles. The van der Waals surface area contributed by atoms with Crippen molar-refractivity contribution in [3.63, 3.8) is 0 Å². The first-order valence-electron chi connectivity index (χ1n) is 2.50. The van der Waals surface area contributed by atoms with E-state index in [0.717, 1.165) is 6.08 Å². The number of hydroxylamine groups is 1. The highest BCUT2D eigenvalue weighted by Gasteiger charge is 2.05. The second kappa shape index (κ2) is 4.46. The third kappa shape index (κ3) is 2.78. The predicted molar refractivity (Wildman–Crippen MR) is 34.3 cm³/mol. The van der Waals surface area contributed by atoms with Gasteiger partial charge in [0.2, 0.25) is 5.78 Å². The van der Waals surface area contributed by atoms with E-state index in [1.807, 2.05) is 0 Å². The largest absolute Gasteiger partial charge is 0.315 e. The van der Waals surface area contributed by atoms with Crippen molar-refractivity contribution in [1.82, 2.24) is 5.48 Å². The molecule has 0 aromatic rings. The number of nitrogens with one attached hydrogen (secondary N) is 1. The van der Waals surface area contributed by atoms with Crippen molar-refractivity contribution in [1.29, 1.82) is 0 Å². The van der Waals surface area contributed by atoms with Crippen LogP contribution in [0.3, 0.4) is 0 Å². The Morgan fingerprint density at radius 3 is 2.50 bits per heavy atom. The van der Waals surface area contributed by atoms with Crippen LogP contribution in [0.25, 0.3) is 0 Å². The van der Waals surface area contributed by atoms with E-state index < -0.39 is 11.7 Å². The van der Waals surface area contributed by atoms with Gasteiger partial charge in [-0.15, -0.1) is 0 Å². The number of rotatable bonds is 3. The summed E-state index contributed by atoms with van der Waals surface area (Å²) < 4.78 is 0. The molecule has 0 bridgehead atoms. The number of hydrogen-bond donors (Lipinski definition) is 2. The van der Waals surface area contributed by atoms with Crippen LogP contribution < -0.4 is 5.48 Å². The number of ketones is 1. The zero-order chi connectivity index (χ0) is 7.98. The van der Waals surface area contributed by atoms with Crippen LogP contribution in [0.15, 0.2) is 24.8 Å². The highest BCUT2D eigenvalue weighted by Crippen LogP contribution is 1.77. The van der Waals surface area contributed by atoms with E-state index in [0.29, 0.717) is 0 Å². The summed E-state index contributed by atoms with van der Waals surface area (Å²) >= 11 is 0. The number of amides is 1. The lowest BCUT2D eigenvalue weighted by molar-refractivity contribution is -0.140. The zero-order valence-corrected chi connectivity index (χ0v) is 5.20. The van der Waals surface area contributed by atoms with Crippen molar-refractivity contribution in [2.75, 3.05) is 0 Å². The van der Waals surface area contributed by atoms with Gasteiger partial charge in [0.05, 0.1) is 0 Å². The van der Waals surface area contributed by atoms with Crippen molar-refractivity contribution in [2.45, 2.75) is 0 Å². The monoisotopic (exact) mass is 141 g/mol. The summed E-state index contributed by atoms with van der Waals surface area (Å²) in [7, 11) is 0. The third-order valence-corrected chi connectivity index (χ3v) is 0.709. The average molecular weight is 141 g/mol. The SMILES string of the molecule is C=C/C=C/C(=O)C(=O)NO. The van der Waals surface area contributed by atoms with Gasteiger partial charge in [0.1, 0.15) is 0 Å². The minimum absolute atomic E-state index is 0.817. The summed E-state index contributed by atoms with van der Waals surface area (Å²) in [6.45, 7) is 3.28. The lowest BCUT2D eigenvalue weighted by Gasteiger charge is -1.88. The fraction of sp³-hybridized carbons (Fsp3) is 0. The van der Waals surface area contributed by atoms with Gasteiger partial charge in [0.15, 0.2) is 0 Å². The van der Waals surface area contributed by atoms with Crippen molar-refractivity contribution in [3.05, 3.63) is 24.8 Å². The van der Waals surface area contributed by atoms with E-state index >= 15 is 0 Å². The second-order valence-corrected chi connectivity index (χ2v) is 1.40. The topological polar surface area (TPSA) is 66.4 Å². The number of hydrogen-bond acceptors (Lipinski definition) is 3. The maximum atomic E-state index is 10.4. The van der Waals surface area contributed by atoms with Gasteiger partial charge in [0, 0.05) is 0 Å². The molecule has 0 heterocycles. The smallest absolute Gasteiger partial charge is 0.288 e. The van der Waals surface area contributed by atoms with Gasteiger partial charge in [0.25, 0.3) is 0 Å². The first-order valence-corrected chi connectivity index (χ1v) is 2.50. The molecule has 4 nitrogen and oxygen atoms in total. The Morgan fingerprint density at radius 1 is 1.50 bits per heavy atom. The Bertz CT molecular complexity index is 183. The summed E-state index contributed by atoms with van der Waals surface area (Å²) in [6, 6.07) is 0. The fourth-order valence-corrected chi connectivity index (χ4v) is 0.286. The quantitative estimate of drug-likeness (QED) is 0.188. The van der Waals surface area contributed by atoms with E-state index in [1.165, 1.54) is 17.6 Å². The van der Waals surface area contributed by atoms with Crippen molar-refractivity contribution in [2.24, 2.45) is 0 Å². The summed E-state index contributed by atoms with van der Waals surface area (Å²) in [5, 5.41) is 7.92. The number of carbonyl (C=O) groups is 2. The third-order valence-electron chi connectivity index (χ3n) is 0.709. The standard InChI is InChI=1S/C6H7NO3/c1-2-3-4-5(8)6(9)7-10/h2-4,10H,1H2,(H,7,9)/b4-3+. The highest BCUT2D eigenvalue weighted by atomic mass is 16.5. The minimum atomic E-state index is -1.06. The van der Waals surface area contributed by atoms with Crippen LogP contribution in [-0.4, -0.2) is 16.9 Å². The predicted octanol–water partition coefficient (Wildman–Crippen LogP) is -0.197.